The van der Waals surface area contributed by atoms with Gasteiger partial charge in [0.2, 0.25) is 0 Å². The molecular formula is C8H10F10O. The van der Waals surface area contributed by atoms with Crippen LogP contribution < -0.4 is 0 Å². The Kier molecular flexibility index (Phi) is 6.65. The summed E-state index contributed by atoms with van der Waals surface area (Å²) < 4.78 is 118. The first-order chi connectivity index (χ1) is 8.13. The molecule has 0 heterocycles. The number of aliphatic hydroxyl groups is 1. The fourth-order valence-electron chi connectivity index (χ4n) is 0.774. The highest BCUT2D eigenvalue weighted by Crippen LogP contribution is 2.50. The zero-order valence-electron chi connectivity index (χ0n) is 9.51. The summed E-state index contributed by atoms with van der Waals surface area (Å²) >= 11 is 0. The van der Waals surface area contributed by atoms with Crippen LogP contribution in [0.1, 0.15) is 20.3 Å². The summed E-state index contributed by atoms with van der Waals surface area (Å²) in [5, 5.41) is 8.08. The van der Waals surface area contributed by atoms with E-state index in [4.69, 9.17) is 5.11 Å². The Hall–Kier alpha value is -0.740. The van der Waals surface area contributed by atoms with Crippen molar-refractivity contribution in [3.8, 4) is 0 Å². The lowest BCUT2D eigenvalue weighted by Crippen LogP contribution is -2.56. The molecule has 0 saturated carbocycles. The number of rotatable bonds is 2. The third kappa shape index (κ3) is 5.03. The third-order valence-corrected chi connectivity index (χ3v) is 1.75. The van der Waals surface area contributed by atoms with Gasteiger partial charge in [-0.25, -0.2) is 4.39 Å². The molecule has 0 aliphatic heterocycles. The molecule has 0 rings (SSSR count). The van der Waals surface area contributed by atoms with Gasteiger partial charge >= 0.3 is 24.2 Å². The molecule has 0 radical (unpaired) electrons. The second-order valence-electron chi connectivity index (χ2n) is 3.06. The Morgan fingerprint density at radius 2 is 1.00 bits per heavy atom. The Balaban J connectivity index is 0. The summed E-state index contributed by atoms with van der Waals surface area (Å²) in [7, 11) is 0. The van der Waals surface area contributed by atoms with Crippen molar-refractivity contribution in [1.82, 2.24) is 0 Å². The molecule has 0 fully saturated rings. The maximum absolute atomic E-state index is 12.7. The van der Waals surface area contributed by atoms with E-state index in [1.54, 1.807) is 0 Å². The average Bonchev–Trinajstić information content (AvgIpc) is 2.15. The Morgan fingerprint density at radius 1 is 0.737 bits per heavy atom. The molecule has 0 aliphatic carbocycles. The number of halogens is 10. The van der Waals surface area contributed by atoms with Crippen molar-refractivity contribution >= 4 is 0 Å². The maximum Gasteiger partial charge on any atom is 0.431 e. The van der Waals surface area contributed by atoms with Crippen molar-refractivity contribution in [2.24, 2.45) is 0 Å². The third-order valence-electron chi connectivity index (χ3n) is 1.75. The van der Waals surface area contributed by atoms with E-state index in [0.717, 1.165) is 0 Å². The summed E-state index contributed by atoms with van der Waals surface area (Å²) in [5.41, 5.74) is -6.12. The first kappa shape index (κ1) is 20.6. The van der Waals surface area contributed by atoms with Crippen LogP contribution in [0.3, 0.4) is 0 Å². The van der Waals surface area contributed by atoms with E-state index < -0.39 is 36.7 Å². The lowest BCUT2D eigenvalue weighted by atomic mass is 9.96. The van der Waals surface area contributed by atoms with Gasteiger partial charge in [-0.15, -0.1) is 0 Å². The molecule has 0 aliphatic rings. The molecule has 1 unspecified atom stereocenters. The monoisotopic (exact) mass is 312 g/mol. The molecule has 11 heteroatoms. The van der Waals surface area contributed by atoms with E-state index in [2.05, 4.69) is 0 Å². The van der Waals surface area contributed by atoms with E-state index in [1.165, 1.54) is 0 Å². The van der Waals surface area contributed by atoms with Crippen LogP contribution in [0.4, 0.5) is 43.9 Å². The molecule has 0 aromatic heterocycles. The van der Waals surface area contributed by atoms with Crippen LogP contribution in [0.25, 0.3) is 0 Å². The average molecular weight is 312 g/mol. The fraction of sp³-hybridized carbons (Fsp3) is 1.00. The fourth-order valence-corrected chi connectivity index (χ4v) is 0.774. The van der Waals surface area contributed by atoms with E-state index in [0.29, 0.717) is 0 Å². The van der Waals surface area contributed by atoms with Crippen LogP contribution in [-0.4, -0.2) is 35.4 Å². The molecule has 0 amide bonds. The quantitative estimate of drug-likeness (QED) is 0.759. The number of aliphatic hydroxyl groups excluding tert-OH is 1. The summed E-state index contributed by atoms with van der Waals surface area (Å²) in [6.45, 7) is 4.00. The van der Waals surface area contributed by atoms with Gasteiger partial charge in [-0.05, 0) is 0 Å². The molecule has 0 aromatic rings. The van der Waals surface area contributed by atoms with Crippen LogP contribution in [0.2, 0.25) is 0 Å². The van der Waals surface area contributed by atoms with Crippen LogP contribution in [0, 0.1) is 0 Å². The van der Waals surface area contributed by atoms with Crippen LogP contribution in [0.5, 0.6) is 0 Å². The van der Waals surface area contributed by atoms with E-state index in [9.17, 15) is 43.9 Å². The van der Waals surface area contributed by atoms with E-state index in [1.807, 2.05) is 13.8 Å². The molecule has 0 aromatic carbocycles. The first-order valence-electron chi connectivity index (χ1n) is 4.70. The Morgan fingerprint density at radius 3 is 1.16 bits per heavy atom. The van der Waals surface area contributed by atoms with Crippen LogP contribution in [0.15, 0.2) is 0 Å². The van der Waals surface area contributed by atoms with Crippen molar-refractivity contribution in [3.63, 3.8) is 0 Å². The van der Waals surface area contributed by atoms with Gasteiger partial charge in [0.05, 0.1) is 0 Å². The molecule has 0 spiro atoms. The summed E-state index contributed by atoms with van der Waals surface area (Å²) in [6, 6.07) is 0. The highest BCUT2D eigenvalue weighted by molar-refractivity contribution is 4.97. The van der Waals surface area contributed by atoms with Crippen LogP contribution >= 0.6 is 0 Å². The first-order valence-corrected chi connectivity index (χ1v) is 4.70. The normalized spacial score (nSPS) is 15.6. The molecule has 1 nitrogen and oxygen atoms in total. The zero-order chi connectivity index (χ0) is 16.3. The van der Waals surface area contributed by atoms with Gasteiger partial charge in [-0.1, -0.05) is 13.8 Å². The van der Waals surface area contributed by atoms with Gasteiger partial charge in [0.1, 0.15) is 0 Å². The van der Waals surface area contributed by atoms with Crippen molar-refractivity contribution in [1.29, 1.82) is 0 Å². The van der Waals surface area contributed by atoms with Crippen LogP contribution in [-0.2, 0) is 0 Å². The van der Waals surface area contributed by atoms with Gasteiger partial charge in [-0.2, -0.15) is 39.5 Å². The van der Waals surface area contributed by atoms with Gasteiger partial charge in [0.25, 0.3) is 0 Å². The highest BCUT2D eigenvalue weighted by Gasteiger charge is 2.73. The van der Waals surface area contributed by atoms with Crippen molar-refractivity contribution in [2.75, 3.05) is 0 Å². The Labute approximate surface area is 101 Å². The lowest BCUT2D eigenvalue weighted by molar-refractivity contribution is -0.355. The second-order valence-corrected chi connectivity index (χ2v) is 3.06. The predicted molar refractivity (Wildman–Crippen MR) is 44.0 cm³/mol. The van der Waals surface area contributed by atoms with Crippen molar-refractivity contribution in [3.05, 3.63) is 0 Å². The molecule has 0 bridgehead atoms. The smallest absolute Gasteiger partial charge is 0.384 e. The highest BCUT2D eigenvalue weighted by atomic mass is 19.4. The SMILES string of the molecule is CC.OC(CC(F)(C(F)(F)F)C(F)(F)F)C(F)(F)F. The predicted octanol–water partition coefficient (Wildman–Crippen LogP) is 4.16. The molecule has 0 saturated heterocycles. The number of alkyl halides is 10. The van der Waals surface area contributed by atoms with E-state index >= 15 is 0 Å². The molecular weight excluding hydrogens is 302 g/mol. The summed E-state index contributed by atoms with van der Waals surface area (Å²) in [5.74, 6) is 0. The minimum Gasteiger partial charge on any atom is -0.384 e. The Bertz CT molecular complexity index is 248. The standard InChI is InChI=1S/C6H4F10O.C2H6/c7-3(5(11,12)13,6(14,15)16)1-2(17)4(8,9)10;1-2/h2,17H,1H2;1-2H3. The second kappa shape index (κ2) is 6.14. The molecule has 1 N–H and O–H groups in total. The van der Waals surface area contributed by atoms with Gasteiger partial charge in [0, 0.05) is 6.42 Å². The van der Waals surface area contributed by atoms with Gasteiger partial charge < -0.3 is 5.11 Å². The van der Waals surface area contributed by atoms with Gasteiger partial charge in [-0.3, -0.25) is 0 Å². The zero-order valence-corrected chi connectivity index (χ0v) is 9.51. The minimum absolute atomic E-state index is 2.00. The van der Waals surface area contributed by atoms with Crippen molar-refractivity contribution in [2.45, 2.75) is 50.6 Å². The summed E-state index contributed by atoms with van der Waals surface area (Å²) in [4.78, 5) is 0. The number of hydrogen-bond donors (Lipinski definition) is 1. The molecule has 1 atom stereocenters. The molecule has 19 heavy (non-hydrogen) atoms. The number of hydrogen-bond acceptors (Lipinski definition) is 1. The molecule has 118 valence electrons. The maximum atomic E-state index is 12.7. The van der Waals surface area contributed by atoms with E-state index in [-0.39, 0.29) is 0 Å². The lowest BCUT2D eigenvalue weighted by Gasteiger charge is -2.31. The topological polar surface area (TPSA) is 20.2 Å². The largest absolute Gasteiger partial charge is 0.431 e. The van der Waals surface area contributed by atoms with Gasteiger partial charge in [0.15, 0.2) is 6.10 Å². The summed E-state index contributed by atoms with van der Waals surface area (Å²) in [6.07, 6.45) is -26.3. The minimum atomic E-state index is -6.61. The van der Waals surface area contributed by atoms with Crippen molar-refractivity contribution < 1.29 is 49.0 Å².